The molecule has 4 nitrogen and oxygen atoms in total. The number of carbonyl (C=O) groups is 1. The van der Waals surface area contributed by atoms with Crippen molar-refractivity contribution in [1.82, 2.24) is 5.32 Å². The minimum absolute atomic E-state index is 0.0239. The van der Waals surface area contributed by atoms with Crippen molar-refractivity contribution in [2.24, 2.45) is 0 Å². The maximum absolute atomic E-state index is 11.6. The summed E-state index contributed by atoms with van der Waals surface area (Å²) in [6, 6.07) is 5.50. The van der Waals surface area contributed by atoms with Crippen LogP contribution in [0.3, 0.4) is 0 Å². The number of nitrogens with one attached hydrogen (secondary N) is 2. The lowest BCUT2D eigenvalue weighted by molar-refractivity contribution is 0.173. The molecule has 0 bridgehead atoms. The highest BCUT2D eigenvalue weighted by atomic mass is 79.9. The Balaban J connectivity index is 2.56. The predicted octanol–water partition coefficient (Wildman–Crippen LogP) is 2.91. The zero-order valence-corrected chi connectivity index (χ0v) is 11.8. The number of aryl methyl sites for hydroxylation is 1. The average molecular weight is 301 g/mol. The monoisotopic (exact) mass is 300 g/mol. The Labute approximate surface area is 110 Å². The third-order valence-electron chi connectivity index (χ3n) is 2.17. The Bertz CT molecular complexity index is 396. The zero-order chi connectivity index (χ0) is 12.8. The molecule has 2 N–H and O–H groups in total. The van der Waals surface area contributed by atoms with Crippen LogP contribution in [-0.4, -0.2) is 25.8 Å². The molecule has 0 saturated carbocycles. The number of hydrogen-bond acceptors (Lipinski definition) is 2. The zero-order valence-electron chi connectivity index (χ0n) is 10.2. The standard InChI is InChI=1S/C12H17BrN2O2/c1-8-4-5-11(10(13)6-8)15-12(16)14-9(2)7-17-3/h4-6,9H,7H2,1-3H3,(H2,14,15,16)/t9-/m1/s1. The van der Waals surface area contributed by atoms with Gasteiger partial charge in [-0.05, 0) is 47.5 Å². The fourth-order valence-electron chi connectivity index (χ4n) is 1.40. The van der Waals surface area contributed by atoms with Gasteiger partial charge in [-0.3, -0.25) is 0 Å². The SMILES string of the molecule is COC[C@@H](C)NC(=O)Nc1ccc(C)cc1Br. The van der Waals surface area contributed by atoms with E-state index in [2.05, 4.69) is 26.6 Å². The highest BCUT2D eigenvalue weighted by Crippen LogP contribution is 2.23. The molecular formula is C12H17BrN2O2. The molecule has 0 aliphatic heterocycles. The maximum Gasteiger partial charge on any atom is 0.319 e. The molecule has 0 aliphatic rings. The Morgan fingerprint density at radius 3 is 2.82 bits per heavy atom. The minimum atomic E-state index is -0.237. The predicted molar refractivity (Wildman–Crippen MR) is 72.4 cm³/mol. The van der Waals surface area contributed by atoms with Gasteiger partial charge in [0.1, 0.15) is 0 Å². The van der Waals surface area contributed by atoms with E-state index < -0.39 is 0 Å². The molecule has 1 atom stereocenters. The summed E-state index contributed by atoms with van der Waals surface area (Å²) in [7, 11) is 1.60. The van der Waals surface area contributed by atoms with Gasteiger partial charge in [0.05, 0.1) is 18.3 Å². The molecule has 0 heterocycles. The van der Waals surface area contributed by atoms with E-state index in [0.29, 0.717) is 6.61 Å². The molecule has 0 radical (unpaired) electrons. The number of halogens is 1. The van der Waals surface area contributed by atoms with E-state index in [1.807, 2.05) is 32.0 Å². The molecule has 2 amide bonds. The fraction of sp³-hybridized carbons (Fsp3) is 0.417. The van der Waals surface area contributed by atoms with Crippen LogP contribution in [0.5, 0.6) is 0 Å². The normalized spacial score (nSPS) is 12.0. The van der Waals surface area contributed by atoms with E-state index in [1.165, 1.54) is 0 Å². The van der Waals surface area contributed by atoms with Crippen molar-refractivity contribution >= 4 is 27.6 Å². The number of urea groups is 1. The molecular weight excluding hydrogens is 284 g/mol. The van der Waals surface area contributed by atoms with Crippen molar-refractivity contribution in [3.63, 3.8) is 0 Å². The summed E-state index contributed by atoms with van der Waals surface area (Å²) in [5, 5.41) is 5.55. The molecule has 0 unspecified atom stereocenters. The van der Waals surface area contributed by atoms with Crippen LogP contribution < -0.4 is 10.6 Å². The van der Waals surface area contributed by atoms with Gasteiger partial charge >= 0.3 is 6.03 Å². The third-order valence-corrected chi connectivity index (χ3v) is 2.82. The van der Waals surface area contributed by atoms with Crippen LogP contribution in [0.25, 0.3) is 0 Å². The summed E-state index contributed by atoms with van der Waals surface area (Å²) in [5.41, 5.74) is 1.88. The van der Waals surface area contributed by atoms with E-state index >= 15 is 0 Å². The highest BCUT2D eigenvalue weighted by Gasteiger charge is 2.08. The third kappa shape index (κ3) is 4.75. The van der Waals surface area contributed by atoms with Crippen molar-refractivity contribution in [1.29, 1.82) is 0 Å². The van der Waals surface area contributed by atoms with Gasteiger partial charge in [-0.1, -0.05) is 6.07 Å². The van der Waals surface area contributed by atoms with Crippen LogP contribution in [0.15, 0.2) is 22.7 Å². The number of amides is 2. The number of carbonyl (C=O) groups excluding carboxylic acids is 1. The number of rotatable bonds is 4. The van der Waals surface area contributed by atoms with Gasteiger partial charge in [0, 0.05) is 11.6 Å². The molecule has 1 aromatic rings. The fourth-order valence-corrected chi connectivity index (χ4v) is 1.99. The van der Waals surface area contributed by atoms with E-state index in [-0.39, 0.29) is 12.1 Å². The molecule has 0 spiro atoms. The Morgan fingerprint density at radius 1 is 1.53 bits per heavy atom. The second-order valence-electron chi connectivity index (χ2n) is 3.94. The van der Waals surface area contributed by atoms with E-state index in [0.717, 1.165) is 15.7 Å². The number of ether oxygens (including phenoxy) is 1. The maximum atomic E-state index is 11.6. The molecule has 0 saturated heterocycles. The van der Waals surface area contributed by atoms with Crippen LogP contribution in [0.2, 0.25) is 0 Å². The summed E-state index contributed by atoms with van der Waals surface area (Å²) in [4.78, 5) is 11.6. The minimum Gasteiger partial charge on any atom is -0.383 e. The molecule has 94 valence electrons. The summed E-state index contributed by atoms with van der Waals surface area (Å²) in [6.45, 7) is 4.37. The molecule has 1 rings (SSSR count). The van der Waals surface area contributed by atoms with Crippen LogP contribution in [0, 0.1) is 6.92 Å². The smallest absolute Gasteiger partial charge is 0.319 e. The van der Waals surface area contributed by atoms with Crippen LogP contribution >= 0.6 is 15.9 Å². The first-order valence-corrected chi connectivity index (χ1v) is 6.15. The summed E-state index contributed by atoms with van der Waals surface area (Å²) in [6.07, 6.45) is 0. The molecule has 0 aliphatic carbocycles. The van der Waals surface area contributed by atoms with Crippen molar-refractivity contribution in [3.05, 3.63) is 28.2 Å². The Morgan fingerprint density at radius 2 is 2.24 bits per heavy atom. The van der Waals surface area contributed by atoms with Crippen LogP contribution in [-0.2, 0) is 4.74 Å². The van der Waals surface area contributed by atoms with Gasteiger partial charge in [-0.2, -0.15) is 0 Å². The largest absolute Gasteiger partial charge is 0.383 e. The molecule has 17 heavy (non-hydrogen) atoms. The lowest BCUT2D eigenvalue weighted by Gasteiger charge is -2.14. The lowest BCUT2D eigenvalue weighted by Crippen LogP contribution is -2.38. The second kappa shape index (κ2) is 6.61. The summed E-state index contributed by atoms with van der Waals surface area (Å²) >= 11 is 3.41. The Kier molecular flexibility index (Phi) is 5.44. The lowest BCUT2D eigenvalue weighted by atomic mass is 10.2. The van der Waals surface area contributed by atoms with Gasteiger partial charge in [0.15, 0.2) is 0 Å². The van der Waals surface area contributed by atoms with Crippen molar-refractivity contribution in [2.45, 2.75) is 19.9 Å². The van der Waals surface area contributed by atoms with E-state index in [9.17, 15) is 4.79 Å². The number of hydrogen-bond donors (Lipinski definition) is 2. The van der Waals surface area contributed by atoms with Gasteiger partial charge in [-0.25, -0.2) is 4.79 Å². The molecule has 0 aromatic heterocycles. The first-order chi connectivity index (χ1) is 8.02. The molecule has 5 heteroatoms. The highest BCUT2D eigenvalue weighted by molar-refractivity contribution is 9.10. The van der Waals surface area contributed by atoms with Crippen molar-refractivity contribution < 1.29 is 9.53 Å². The number of benzene rings is 1. The van der Waals surface area contributed by atoms with Gasteiger partial charge in [0.25, 0.3) is 0 Å². The van der Waals surface area contributed by atoms with Crippen molar-refractivity contribution in [3.8, 4) is 0 Å². The molecule has 0 fully saturated rings. The Hall–Kier alpha value is -1.07. The van der Waals surface area contributed by atoms with Gasteiger partial charge < -0.3 is 15.4 Å². The topological polar surface area (TPSA) is 50.4 Å². The van der Waals surface area contributed by atoms with E-state index in [4.69, 9.17) is 4.74 Å². The summed E-state index contributed by atoms with van der Waals surface area (Å²) in [5.74, 6) is 0. The van der Waals surface area contributed by atoms with Crippen LogP contribution in [0.1, 0.15) is 12.5 Å². The molecule has 1 aromatic carbocycles. The van der Waals surface area contributed by atoms with E-state index in [1.54, 1.807) is 7.11 Å². The van der Waals surface area contributed by atoms with Crippen molar-refractivity contribution in [2.75, 3.05) is 19.0 Å². The van der Waals surface area contributed by atoms with Gasteiger partial charge in [0.2, 0.25) is 0 Å². The van der Waals surface area contributed by atoms with Crippen LogP contribution in [0.4, 0.5) is 10.5 Å². The second-order valence-corrected chi connectivity index (χ2v) is 4.79. The quantitative estimate of drug-likeness (QED) is 0.898. The average Bonchev–Trinajstić information content (AvgIpc) is 2.22. The number of anilines is 1. The number of methoxy groups -OCH3 is 1. The first-order valence-electron chi connectivity index (χ1n) is 5.35. The van der Waals surface area contributed by atoms with Gasteiger partial charge in [-0.15, -0.1) is 0 Å². The summed E-state index contributed by atoms with van der Waals surface area (Å²) < 4.78 is 5.81. The first kappa shape index (κ1) is 14.0.